The molecule has 1 aromatic rings. The van der Waals surface area contributed by atoms with E-state index in [4.69, 9.17) is 11.6 Å². The number of aromatic nitrogens is 1. The summed E-state index contributed by atoms with van der Waals surface area (Å²) in [5.74, 6) is 0.474. The molecule has 0 spiro atoms. The lowest BCUT2D eigenvalue weighted by molar-refractivity contribution is -0.384. The van der Waals surface area contributed by atoms with E-state index >= 15 is 0 Å². The van der Waals surface area contributed by atoms with Crippen LogP contribution in [0.15, 0.2) is 12.1 Å². The average Bonchev–Trinajstić information content (AvgIpc) is 2.14. The monoisotopic (exact) mass is 241 g/mol. The third-order valence-electron chi connectivity index (χ3n) is 2.88. The Morgan fingerprint density at radius 1 is 1.56 bits per heavy atom. The van der Waals surface area contributed by atoms with Gasteiger partial charge in [0, 0.05) is 5.54 Å². The Kier molecular flexibility index (Phi) is 2.71. The van der Waals surface area contributed by atoms with Gasteiger partial charge in [0.1, 0.15) is 11.0 Å². The van der Waals surface area contributed by atoms with E-state index in [1.54, 1.807) is 0 Å². The summed E-state index contributed by atoms with van der Waals surface area (Å²) < 4.78 is 0. The van der Waals surface area contributed by atoms with E-state index in [1.165, 1.54) is 18.6 Å². The summed E-state index contributed by atoms with van der Waals surface area (Å²) in [6.07, 6.45) is 3.27. The second kappa shape index (κ2) is 3.90. The molecule has 1 saturated carbocycles. The Morgan fingerprint density at radius 3 is 2.75 bits per heavy atom. The van der Waals surface area contributed by atoms with Crippen LogP contribution in [0.2, 0.25) is 5.15 Å². The van der Waals surface area contributed by atoms with Crippen LogP contribution in [0, 0.1) is 10.1 Å². The first-order valence-corrected chi connectivity index (χ1v) is 5.46. The van der Waals surface area contributed by atoms with Crippen molar-refractivity contribution in [1.29, 1.82) is 0 Å². The van der Waals surface area contributed by atoms with E-state index in [9.17, 15) is 10.1 Å². The van der Waals surface area contributed by atoms with Gasteiger partial charge in [-0.2, -0.15) is 0 Å². The molecular weight excluding hydrogens is 230 g/mol. The molecule has 0 unspecified atom stereocenters. The number of hydrogen-bond donors (Lipinski definition) is 1. The molecule has 2 rings (SSSR count). The molecule has 5 nitrogen and oxygen atoms in total. The van der Waals surface area contributed by atoms with Gasteiger partial charge >= 0.3 is 0 Å². The summed E-state index contributed by atoms with van der Waals surface area (Å²) in [5.41, 5.74) is -0.0311. The first-order valence-electron chi connectivity index (χ1n) is 5.09. The summed E-state index contributed by atoms with van der Waals surface area (Å²) in [6.45, 7) is 2.07. The van der Waals surface area contributed by atoms with E-state index < -0.39 is 4.92 Å². The molecule has 0 radical (unpaired) electrons. The number of nitrogens with one attached hydrogen (secondary N) is 1. The number of nitrogens with zero attached hydrogens (tertiary/aromatic N) is 2. The first kappa shape index (κ1) is 11.1. The highest BCUT2D eigenvalue weighted by atomic mass is 35.5. The minimum Gasteiger partial charge on any atom is -0.365 e. The predicted molar refractivity (Wildman–Crippen MR) is 61.8 cm³/mol. The van der Waals surface area contributed by atoms with Crippen molar-refractivity contribution in [2.24, 2.45) is 0 Å². The molecule has 1 fully saturated rings. The van der Waals surface area contributed by atoms with Gasteiger partial charge in [0.2, 0.25) is 0 Å². The number of anilines is 1. The number of hydrogen-bond acceptors (Lipinski definition) is 4. The number of pyridine rings is 1. The number of halogens is 1. The van der Waals surface area contributed by atoms with Crippen LogP contribution in [-0.2, 0) is 0 Å². The van der Waals surface area contributed by atoms with Crippen LogP contribution in [0.3, 0.4) is 0 Å². The van der Waals surface area contributed by atoms with Crippen molar-refractivity contribution >= 4 is 23.1 Å². The van der Waals surface area contributed by atoms with Crippen LogP contribution in [0.4, 0.5) is 11.5 Å². The lowest BCUT2D eigenvalue weighted by Gasteiger charge is -2.39. The Labute approximate surface area is 98.0 Å². The predicted octanol–water partition coefficient (Wildman–Crippen LogP) is 3.00. The van der Waals surface area contributed by atoms with Crippen molar-refractivity contribution in [2.75, 3.05) is 5.32 Å². The maximum Gasteiger partial charge on any atom is 0.276 e. The fraction of sp³-hybridized carbons (Fsp3) is 0.500. The Morgan fingerprint density at radius 2 is 2.25 bits per heavy atom. The molecule has 1 heterocycles. The van der Waals surface area contributed by atoms with E-state index in [2.05, 4.69) is 17.2 Å². The third-order valence-corrected chi connectivity index (χ3v) is 3.07. The lowest BCUT2D eigenvalue weighted by Crippen LogP contribution is -2.41. The smallest absolute Gasteiger partial charge is 0.276 e. The lowest BCUT2D eigenvalue weighted by atomic mass is 9.78. The van der Waals surface area contributed by atoms with Gasteiger partial charge in [-0.25, -0.2) is 4.98 Å². The fourth-order valence-corrected chi connectivity index (χ4v) is 2.00. The summed E-state index contributed by atoms with van der Waals surface area (Å²) in [7, 11) is 0. The minimum atomic E-state index is -0.470. The molecule has 1 aliphatic carbocycles. The summed E-state index contributed by atoms with van der Waals surface area (Å²) in [6, 6.07) is 2.66. The van der Waals surface area contributed by atoms with Gasteiger partial charge in [-0.15, -0.1) is 0 Å². The van der Waals surface area contributed by atoms with Crippen LogP contribution in [-0.4, -0.2) is 15.4 Å². The maximum atomic E-state index is 10.6. The molecule has 0 atom stereocenters. The van der Waals surface area contributed by atoms with Crippen LogP contribution >= 0.6 is 11.6 Å². The molecule has 0 aliphatic heterocycles. The molecule has 1 aromatic heterocycles. The van der Waals surface area contributed by atoms with Crippen LogP contribution in [0.25, 0.3) is 0 Å². The first-order chi connectivity index (χ1) is 7.48. The summed E-state index contributed by atoms with van der Waals surface area (Å²) in [4.78, 5) is 14.2. The zero-order valence-corrected chi connectivity index (χ0v) is 9.62. The van der Waals surface area contributed by atoms with Crippen LogP contribution in [0.5, 0.6) is 0 Å². The topological polar surface area (TPSA) is 68.1 Å². The third kappa shape index (κ3) is 2.24. The fourth-order valence-electron chi connectivity index (χ4n) is 1.79. The maximum absolute atomic E-state index is 10.6. The van der Waals surface area contributed by atoms with Gasteiger partial charge in [0.15, 0.2) is 0 Å². The standard InChI is InChI=1S/C10H12ClN3O2/c1-10(3-2-4-10)13-9-6-7(14(15)16)5-8(11)12-9/h5-6H,2-4H2,1H3,(H,12,13). The Balaban J connectivity index is 2.23. The van der Waals surface area contributed by atoms with Gasteiger partial charge in [0.25, 0.3) is 5.69 Å². The average molecular weight is 242 g/mol. The normalized spacial score (nSPS) is 17.6. The number of nitro groups is 1. The highest BCUT2D eigenvalue weighted by Gasteiger charge is 2.32. The van der Waals surface area contributed by atoms with Crippen molar-refractivity contribution in [3.63, 3.8) is 0 Å². The Bertz CT molecular complexity index is 432. The van der Waals surface area contributed by atoms with Crippen molar-refractivity contribution < 1.29 is 4.92 Å². The molecule has 16 heavy (non-hydrogen) atoms. The van der Waals surface area contributed by atoms with E-state index in [1.807, 2.05) is 0 Å². The molecule has 1 aliphatic rings. The van der Waals surface area contributed by atoms with E-state index in [-0.39, 0.29) is 16.4 Å². The molecule has 0 aromatic carbocycles. The van der Waals surface area contributed by atoms with E-state index in [0.29, 0.717) is 5.82 Å². The largest absolute Gasteiger partial charge is 0.365 e. The molecule has 6 heteroatoms. The van der Waals surface area contributed by atoms with Gasteiger partial charge < -0.3 is 5.32 Å². The highest BCUT2D eigenvalue weighted by Crippen LogP contribution is 2.35. The molecular formula is C10H12ClN3O2. The highest BCUT2D eigenvalue weighted by molar-refractivity contribution is 6.29. The number of rotatable bonds is 3. The molecule has 1 N–H and O–H groups in total. The SMILES string of the molecule is CC1(Nc2cc([N+](=O)[O-])cc(Cl)n2)CCC1. The van der Waals surface area contributed by atoms with Crippen molar-refractivity contribution in [1.82, 2.24) is 4.98 Å². The second-order valence-electron chi connectivity index (χ2n) is 4.33. The van der Waals surface area contributed by atoms with Gasteiger partial charge in [-0.05, 0) is 26.2 Å². The summed E-state index contributed by atoms with van der Waals surface area (Å²) >= 11 is 5.73. The van der Waals surface area contributed by atoms with Gasteiger partial charge in [-0.1, -0.05) is 11.6 Å². The molecule has 0 saturated heterocycles. The van der Waals surface area contributed by atoms with Crippen molar-refractivity contribution in [3.05, 3.63) is 27.4 Å². The van der Waals surface area contributed by atoms with Crippen molar-refractivity contribution in [3.8, 4) is 0 Å². The quantitative estimate of drug-likeness (QED) is 0.502. The molecule has 0 bridgehead atoms. The molecule has 86 valence electrons. The second-order valence-corrected chi connectivity index (χ2v) is 4.72. The van der Waals surface area contributed by atoms with Gasteiger partial charge in [-0.3, -0.25) is 10.1 Å². The van der Waals surface area contributed by atoms with Crippen molar-refractivity contribution in [2.45, 2.75) is 31.7 Å². The zero-order chi connectivity index (χ0) is 11.8. The minimum absolute atomic E-state index is 0.00551. The van der Waals surface area contributed by atoms with E-state index in [0.717, 1.165) is 12.8 Å². The van der Waals surface area contributed by atoms with Crippen LogP contribution < -0.4 is 5.32 Å². The van der Waals surface area contributed by atoms with Crippen LogP contribution in [0.1, 0.15) is 26.2 Å². The Hall–Kier alpha value is -1.36. The van der Waals surface area contributed by atoms with Gasteiger partial charge in [0.05, 0.1) is 17.1 Å². The molecule has 0 amide bonds. The summed E-state index contributed by atoms with van der Waals surface area (Å²) in [5, 5.41) is 14.0. The zero-order valence-electron chi connectivity index (χ0n) is 8.86.